The van der Waals surface area contributed by atoms with E-state index >= 15 is 0 Å². The molecule has 104 valence electrons. The lowest BCUT2D eigenvalue weighted by atomic mass is 10.2. The predicted molar refractivity (Wildman–Crippen MR) is 79.9 cm³/mol. The molecule has 0 saturated heterocycles. The van der Waals surface area contributed by atoms with E-state index in [-0.39, 0.29) is 0 Å². The molecule has 1 aromatic carbocycles. The largest absolute Gasteiger partial charge is 0.269 e. The molecule has 0 spiro atoms. The zero-order valence-electron chi connectivity index (χ0n) is 11.4. The summed E-state index contributed by atoms with van der Waals surface area (Å²) in [6.45, 7) is 3.90. The van der Waals surface area contributed by atoms with Gasteiger partial charge in [0.05, 0.1) is 17.3 Å². The molecule has 4 rings (SSSR count). The van der Waals surface area contributed by atoms with E-state index in [9.17, 15) is 0 Å². The number of fused-ring (bicyclic) bond motifs is 3. The monoisotopic (exact) mass is 298 g/mol. The first-order valence-corrected chi connectivity index (χ1v) is 6.83. The summed E-state index contributed by atoms with van der Waals surface area (Å²) in [5.74, 6) is 0.797. The Labute approximate surface area is 125 Å². The van der Waals surface area contributed by atoms with E-state index in [4.69, 9.17) is 11.6 Å². The summed E-state index contributed by atoms with van der Waals surface area (Å²) in [6, 6.07) is 5.70. The highest BCUT2D eigenvalue weighted by Crippen LogP contribution is 2.24. The Balaban J connectivity index is 2.06. The van der Waals surface area contributed by atoms with Gasteiger partial charge in [-0.15, -0.1) is 10.2 Å². The first-order chi connectivity index (χ1) is 10.1. The SMILES string of the molecule is Cc1ccc(Cl)cc1-n1ncc2c1ncn1c(C)nnc21. The van der Waals surface area contributed by atoms with Crippen molar-refractivity contribution in [2.75, 3.05) is 0 Å². The third-order valence-corrected chi connectivity index (χ3v) is 3.78. The van der Waals surface area contributed by atoms with Crippen molar-refractivity contribution in [1.82, 2.24) is 29.4 Å². The molecule has 21 heavy (non-hydrogen) atoms. The Hall–Kier alpha value is -2.47. The van der Waals surface area contributed by atoms with Crippen molar-refractivity contribution in [2.24, 2.45) is 0 Å². The van der Waals surface area contributed by atoms with Crippen LogP contribution in [0.15, 0.2) is 30.7 Å². The molecule has 0 aliphatic rings. The van der Waals surface area contributed by atoms with Crippen molar-refractivity contribution < 1.29 is 0 Å². The molecule has 6 nitrogen and oxygen atoms in total. The van der Waals surface area contributed by atoms with Gasteiger partial charge in [-0.1, -0.05) is 17.7 Å². The van der Waals surface area contributed by atoms with Gasteiger partial charge in [-0.2, -0.15) is 5.10 Å². The average Bonchev–Trinajstić information content (AvgIpc) is 3.05. The van der Waals surface area contributed by atoms with Crippen LogP contribution < -0.4 is 0 Å². The van der Waals surface area contributed by atoms with Crippen LogP contribution >= 0.6 is 11.6 Å². The highest BCUT2D eigenvalue weighted by Gasteiger charge is 2.14. The van der Waals surface area contributed by atoms with Gasteiger partial charge in [-0.3, -0.25) is 4.40 Å². The van der Waals surface area contributed by atoms with Crippen LogP contribution in [-0.2, 0) is 0 Å². The molecule has 0 amide bonds. The zero-order chi connectivity index (χ0) is 14.6. The fraction of sp³-hybridized carbons (Fsp3) is 0.143. The molecular formula is C14H11ClN6. The van der Waals surface area contributed by atoms with Crippen molar-refractivity contribution >= 4 is 28.3 Å². The van der Waals surface area contributed by atoms with Crippen molar-refractivity contribution in [2.45, 2.75) is 13.8 Å². The van der Waals surface area contributed by atoms with E-state index < -0.39 is 0 Å². The molecule has 0 aliphatic heterocycles. The number of hydrogen-bond donors (Lipinski definition) is 0. The molecule has 3 heterocycles. The summed E-state index contributed by atoms with van der Waals surface area (Å²) in [4.78, 5) is 4.49. The lowest BCUT2D eigenvalue weighted by Crippen LogP contribution is -2.01. The van der Waals surface area contributed by atoms with Gasteiger partial charge >= 0.3 is 0 Å². The molecule has 4 aromatic rings. The Bertz CT molecular complexity index is 984. The van der Waals surface area contributed by atoms with Gasteiger partial charge in [0.2, 0.25) is 0 Å². The fourth-order valence-corrected chi connectivity index (χ4v) is 2.58. The third kappa shape index (κ3) is 1.72. The van der Waals surface area contributed by atoms with Crippen LogP contribution in [0, 0.1) is 13.8 Å². The van der Waals surface area contributed by atoms with Crippen LogP contribution in [0.4, 0.5) is 0 Å². The lowest BCUT2D eigenvalue weighted by molar-refractivity contribution is 0.884. The number of rotatable bonds is 1. The summed E-state index contributed by atoms with van der Waals surface area (Å²) >= 11 is 6.10. The summed E-state index contributed by atoms with van der Waals surface area (Å²) in [6.07, 6.45) is 3.47. The first-order valence-electron chi connectivity index (χ1n) is 6.46. The minimum absolute atomic E-state index is 0.665. The number of aryl methyl sites for hydroxylation is 2. The van der Waals surface area contributed by atoms with Gasteiger partial charge in [0.25, 0.3) is 0 Å². The zero-order valence-corrected chi connectivity index (χ0v) is 12.2. The second-order valence-corrected chi connectivity index (χ2v) is 5.35. The smallest absolute Gasteiger partial charge is 0.174 e. The molecule has 0 aliphatic carbocycles. The molecular weight excluding hydrogens is 288 g/mol. The Morgan fingerprint density at radius 3 is 2.81 bits per heavy atom. The normalized spacial score (nSPS) is 11.6. The minimum Gasteiger partial charge on any atom is -0.269 e. The first kappa shape index (κ1) is 12.3. The summed E-state index contributed by atoms with van der Waals surface area (Å²) in [7, 11) is 0. The van der Waals surface area contributed by atoms with Crippen LogP contribution in [-0.4, -0.2) is 29.4 Å². The van der Waals surface area contributed by atoms with E-state index in [0.717, 1.165) is 33.8 Å². The number of nitrogens with zero attached hydrogens (tertiary/aromatic N) is 6. The van der Waals surface area contributed by atoms with Gasteiger partial charge < -0.3 is 0 Å². The van der Waals surface area contributed by atoms with Crippen molar-refractivity contribution in [3.05, 3.63) is 47.1 Å². The number of benzene rings is 1. The molecule has 3 aromatic heterocycles. The number of aromatic nitrogens is 6. The molecule has 0 N–H and O–H groups in total. The highest BCUT2D eigenvalue weighted by molar-refractivity contribution is 6.30. The number of halogens is 1. The molecule has 0 saturated carbocycles. The maximum Gasteiger partial charge on any atom is 0.174 e. The van der Waals surface area contributed by atoms with E-state index in [1.807, 2.05) is 36.4 Å². The maximum absolute atomic E-state index is 6.10. The molecule has 7 heteroatoms. The van der Waals surface area contributed by atoms with Crippen molar-refractivity contribution in [1.29, 1.82) is 0 Å². The molecule has 0 atom stereocenters. The molecule has 0 fully saturated rings. The van der Waals surface area contributed by atoms with Crippen LogP contribution in [0.1, 0.15) is 11.4 Å². The standard InChI is InChI=1S/C14H11ClN6/c1-8-3-4-10(15)5-12(8)21-13-11(6-17-21)14-19-18-9(2)20(14)7-16-13/h3-7H,1-2H3. The van der Waals surface area contributed by atoms with E-state index in [2.05, 4.69) is 20.3 Å². The second kappa shape index (κ2) is 4.26. The summed E-state index contributed by atoms with van der Waals surface area (Å²) in [5, 5.41) is 14.2. The molecule has 0 bridgehead atoms. The Morgan fingerprint density at radius 1 is 1.10 bits per heavy atom. The summed E-state index contributed by atoms with van der Waals surface area (Å²) < 4.78 is 3.62. The van der Waals surface area contributed by atoms with Gasteiger partial charge in [0.1, 0.15) is 12.2 Å². The van der Waals surface area contributed by atoms with Crippen LogP contribution in [0.25, 0.3) is 22.4 Å². The van der Waals surface area contributed by atoms with Crippen LogP contribution in [0.2, 0.25) is 5.02 Å². The number of hydrogen-bond acceptors (Lipinski definition) is 4. The summed E-state index contributed by atoms with van der Waals surface area (Å²) in [5.41, 5.74) is 3.47. The third-order valence-electron chi connectivity index (χ3n) is 3.55. The quantitative estimate of drug-likeness (QED) is 0.542. The van der Waals surface area contributed by atoms with Gasteiger partial charge in [0.15, 0.2) is 11.3 Å². The Morgan fingerprint density at radius 2 is 1.95 bits per heavy atom. The maximum atomic E-state index is 6.10. The van der Waals surface area contributed by atoms with Crippen molar-refractivity contribution in [3.8, 4) is 5.69 Å². The van der Waals surface area contributed by atoms with Gasteiger partial charge in [-0.05, 0) is 31.5 Å². The Kier molecular flexibility index (Phi) is 2.49. The lowest BCUT2D eigenvalue weighted by Gasteiger charge is -2.07. The van der Waals surface area contributed by atoms with Gasteiger partial charge in [-0.25, -0.2) is 9.67 Å². The van der Waals surface area contributed by atoms with Crippen molar-refractivity contribution in [3.63, 3.8) is 0 Å². The van der Waals surface area contributed by atoms with E-state index in [1.165, 1.54) is 0 Å². The second-order valence-electron chi connectivity index (χ2n) is 4.91. The average molecular weight is 299 g/mol. The fourth-order valence-electron chi connectivity index (χ4n) is 2.41. The van der Waals surface area contributed by atoms with E-state index in [1.54, 1.807) is 17.2 Å². The minimum atomic E-state index is 0.665. The van der Waals surface area contributed by atoms with Crippen LogP contribution in [0.3, 0.4) is 0 Å². The highest BCUT2D eigenvalue weighted by atomic mass is 35.5. The van der Waals surface area contributed by atoms with E-state index in [0.29, 0.717) is 5.02 Å². The molecule has 0 unspecified atom stereocenters. The molecule has 0 radical (unpaired) electrons. The topological polar surface area (TPSA) is 60.9 Å². The van der Waals surface area contributed by atoms with Crippen LogP contribution in [0.5, 0.6) is 0 Å². The van der Waals surface area contributed by atoms with Gasteiger partial charge in [0, 0.05) is 5.02 Å². The predicted octanol–water partition coefficient (Wildman–Crippen LogP) is 2.73.